The van der Waals surface area contributed by atoms with Crippen molar-refractivity contribution in [3.8, 4) is 44.5 Å². The standard InChI is InChI=1S/C56H37NO/c1-3-13-38(14-4-1)40-25-31-44(32-26-40)57(45-33-27-41(28-34-45)39-15-5-2-6-16-39)46-35-29-43(30-36-46)48-22-12-24-54-55(48)53-37-52(50-20-9-10-21-51(50)56(53)58-54)49-23-11-18-42-17-7-8-19-47(42)49/h1-37H. The van der Waals surface area contributed by atoms with Crippen molar-refractivity contribution in [2.45, 2.75) is 0 Å². The molecule has 58 heavy (non-hydrogen) atoms. The molecule has 10 aromatic carbocycles. The van der Waals surface area contributed by atoms with Gasteiger partial charge in [-0.15, -0.1) is 0 Å². The number of nitrogens with zero attached hydrogens (tertiary/aromatic N) is 1. The van der Waals surface area contributed by atoms with Crippen LogP contribution in [-0.2, 0) is 0 Å². The normalized spacial score (nSPS) is 11.4. The highest BCUT2D eigenvalue weighted by Gasteiger charge is 2.20. The molecule has 0 aliphatic carbocycles. The third-order valence-electron chi connectivity index (χ3n) is 11.5. The molecule has 0 saturated carbocycles. The maximum absolute atomic E-state index is 6.76. The van der Waals surface area contributed by atoms with E-state index in [0.29, 0.717) is 0 Å². The molecule has 0 radical (unpaired) electrons. The molecule has 0 aliphatic heterocycles. The zero-order chi connectivity index (χ0) is 38.4. The second-order valence-corrected chi connectivity index (χ2v) is 14.9. The monoisotopic (exact) mass is 739 g/mol. The summed E-state index contributed by atoms with van der Waals surface area (Å²) in [5, 5.41) is 7.03. The van der Waals surface area contributed by atoms with Gasteiger partial charge in [0.2, 0.25) is 0 Å². The van der Waals surface area contributed by atoms with Crippen molar-refractivity contribution < 1.29 is 4.42 Å². The Labute approximate surface area is 337 Å². The molecule has 272 valence electrons. The number of hydrogen-bond donors (Lipinski definition) is 0. The SMILES string of the molecule is c1ccc(-c2ccc(N(c3ccc(-c4ccccc4)cc3)c3ccc(-c4cccc5oc6c7ccccc7c(-c7cccc8ccccc78)cc6c45)cc3)cc2)cc1. The van der Waals surface area contributed by atoms with Crippen molar-refractivity contribution >= 4 is 60.5 Å². The lowest BCUT2D eigenvalue weighted by Crippen LogP contribution is -2.09. The van der Waals surface area contributed by atoms with Gasteiger partial charge >= 0.3 is 0 Å². The van der Waals surface area contributed by atoms with Crippen LogP contribution in [0, 0.1) is 0 Å². The average molecular weight is 740 g/mol. The summed E-state index contributed by atoms with van der Waals surface area (Å²) in [7, 11) is 0. The van der Waals surface area contributed by atoms with Gasteiger partial charge in [0.25, 0.3) is 0 Å². The first-order valence-electron chi connectivity index (χ1n) is 19.8. The van der Waals surface area contributed by atoms with Crippen molar-refractivity contribution in [1.82, 2.24) is 0 Å². The number of fused-ring (bicyclic) bond motifs is 6. The Morgan fingerprint density at radius 2 is 0.759 bits per heavy atom. The molecule has 0 bridgehead atoms. The van der Waals surface area contributed by atoms with E-state index in [1.54, 1.807) is 0 Å². The fraction of sp³-hybridized carbons (Fsp3) is 0. The van der Waals surface area contributed by atoms with Crippen LogP contribution >= 0.6 is 0 Å². The number of furan rings is 1. The van der Waals surface area contributed by atoms with Gasteiger partial charge in [-0.05, 0) is 109 Å². The first-order valence-corrected chi connectivity index (χ1v) is 19.8. The first kappa shape index (κ1) is 33.6. The third kappa shape index (κ3) is 5.82. The van der Waals surface area contributed by atoms with Crippen molar-refractivity contribution in [2.75, 3.05) is 4.90 Å². The fourth-order valence-electron chi connectivity index (χ4n) is 8.68. The number of benzene rings is 10. The van der Waals surface area contributed by atoms with E-state index in [9.17, 15) is 0 Å². The molecule has 0 atom stereocenters. The van der Waals surface area contributed by atoms with Crippen molar-refractivity contribution in [1.29, 1.82) is 0 Å². The topological polar surface area (TPSA) is 16.4 Å². The molecular weight excluding hydrogens is 703 g/mol. The van der Waals surface area contributed by atoms with E-state index in [-0.39, 0.29) is 0 Å². The lowest BCUT2D eigenvalue weighted by Gasteiger charge is -2.26. The van der Waals surface area contributed by atoms with Crippen LogP contribution in [0.5, 0.6) is 0 Å². The molecule has 11 rings (SSSR count). The molecule has 0 spiro atoms. The van der Waals surface area contributed by atoms with Crippen LogP contribution < -0.4 is 4.90 Å². The Morgan fingerprint density at radius 1 is 0.293 bits per heavy atom. The predicted octanol–water partition coefficient (Wildman–Crippen LogP) is 16.0. The molecule has 0 fully saturated rings. The molecule has 2 heteroatoms. The van der Waals surface area contributed by atoms with E-state index >= 15 is 0 Å². The van der Waals surface area contributed by atoms with Crippen LogP contribution in [0.1, 0.15) is 0 Å². The van der Waals surface area contributed by atoms with E-state index in [1.807, 2.05) is 0 Å². The molecule has 0 N–H and O–H groups in total. The van der Waals surface area contributed by atoms with E-state index in [0.717, 1.165) is 55.5 Å². The number of anilines is 3. The van der Waals surface area contributed by atoms with Crippen LogP contribution in [-0.4, -0.2) is 0 Å². The zero-order valence-electron chi connectivity index (χ0n) is 31.7. The van der Waals surface area contributed by atoms with Crippen LogP contribution in [0.4, 0.5) is 17.1 Å². The summed E-state index contributed by atoms with van der Waals surface area (Å²) in [4.78, 5) is 2.34. The summed E-state index contributed by atoms with van der Waals surface area (Å²) in [6.07, 6.45) is 0. The van der Waals surface area contributed by atoms with Gasteiger partial charge in [0.05, 0.1) is 0 Å². The van der Waals surface area contributed by atoms with Crippen LogP contribution in [0.3, 0.4) is 0 Å². The van der Waals surface area contributed by atoms with E-state index in [1.165, 1.54) is 49.5 Å². The van der Waals surface area contributed by atoms with Gasteiger partial charge in [0.15, 0.2) is 0 Å². The van der Waals surface area contributed by atoms with Crippen LogP contribution in [0.2, 0.25) is 0 Å². The molecule has 1 heterocycles. The molecular formula is C56H37NO. The van der Waals surface area contributed by atoms with E-state index < -0.39 is 0 Å². The van der Waals surface area contributed by atoms with Crippen molar-refractivity contribution in [2.24, 2.45) is 0 Å². The van der Waals surface area contributed by atoms with Gasteiger partial charge in [-0.2, -0.15) is 0 Å². The predicted molar refractivity (Wildman–Crippen MR) is 245 cm³/mol. The van der Waals surface area contributed by atoms with Crippen LogP contribution in [0.15, 0.2) is 229 Å². The Balaban J connectivity index is 1.04. The molecule has 0 aliphatic rings. The summed E-state index contributed by atoms with van der Waals surface area (Å²) in [5.41, 5.74) is 14.6. The number of hydrogen-bond acceptors (Lipinski definition) is 2. The lowest BCUT2D eigenvalue weighted by molar-refractivity contribution is 0.673. The van der Waals surface area contributed by atoms with E-state index in [4.69, 9.17) is 4.42 Å². The summed E-state index contributed by atoms with van der Waals surface area (Å²) in [5.74, 6) is 0. The molecule has 1 aromatic heterocycles. The molecule has 0 amide bonds. The molecule has 2 nitrogen and oxygen atoms in total. The minimum atomic E-state index is 0.885. The maximum Gasteiger partial charge on any atom is 0.143 e. The Morgan fingerprint density at radius 3 is 1.38 bits per heavy atom. The Kier molecular flexibility index (Phi) is 8.19. The largest absolute Gasteiger partial charge is 0.455 e. The minimum Gasteiger partial charge on any atom is -0.455 e. The molecule has 11 aromatic rings. The summed E-state index contributed by atoms with van der Waals surface area (Å²) in [6, 6.07) is 80.5. The van der Waals surface area contributed by atoms with E-state index in [2.05, 4.69) is 229 Å². The summed E-state index contributed by atoms with van der Waals surface area (Å²) in [6.45, 7) is 0. The highest BCUT2D eigenvalue weighted by Crippen LogP contribution is 2.45. The minimum absolute atomic E-state index is 0.885. The van der Waals surface area contributed by atoms with Gasteiger partial charge in [-0.25, -0.2) is 0 Å². The summed E-state index contributed by atoms with van der Waals surface area (Å²) >= 11 is 0. The average Bonchev–Trinajstić information content (AvgIpc) is 3.69. The molecule has 0 saturated heterocycles. The van der Waals surface area contributed by atoms with Gasteiger partial charge in [-0.1, -0.05) is 176 Å². The number of rotatable bonds is 7. The smallest absolute Gasteiger partial charge is 0.143 e. The quantitative estimate of drug-likeness (QED) is 0.162. The van der Waals surface area contributed by atoms with Gasteiger partial charge in [0, 0.05) is 33.2 Å². The highest BCUT2D eigenvalue weighted by molar-refractivity contribution is 6.23. The fourth-order valence-corrected chi connectivity index (χ4v) is 8.68. The second-order valence-electron chi connectivity index (χ2n) is 14.9. The van der Waals surface area contributed by atoms with Crippen molar-refractivity contribution in [3.63, 3.8) is 0 Å². The Bertz CT molecular complexity index is 3150. The Hall–Kier alpha value is -7.68. The maximum atomic E-state index is 6.76. The molecule has 0 unspecified atom stereocenters. The second kappa shape index (κ2) is 14.1. The summed E-state index contributed by atoms with van der Waals surface area (Å²) < 4.78 is 6.76. The van der Waals surface area contributed by atoms with Gasteiger partial charge in [-0.3, -0.25) is 0 Å². The highest BCUT2D eigenvalue weighted by atomic mass is 16.3. The first-order chi connectivity index (χ1) is 28.8. The van der Waals surface area contributed by atoms with Gasteiger partial charge < -0.3 is 9.32 Å². The third-order valence-corrected chi connectivity index (χ3v) is 11.5. The van der Waals surface area contributed by atoms with Gasteiger partial charge in [0.1, 0.15) is 11.2 Å². The lowest BCUT2D eigenvalue weighted by atomic mass is 9.91. The zero-order valence-corrected chi connectivity index (χ0v) is 31.7. The van der Waals surface area contributed by atoms with Crippen LogP contribution in [0.25, 0.3) is 88.0 Å². The van der Waals surface area contributed by atoms with Crippen molar-refractivity contribution in [3.05, 3.63) is 224 Å².